The molecule has 0 atom stereocenters. The van der Waals surface area contributed by atoms with Crippen LogP contribution in [-0.4, -0.2) is 25.0 Å². The Balaban J connectivity index is 2.37. The molecule has 2 N–H and O–H groups in total. The number of nitrogens with one attached hydrogen (secondary N) is 2. The highest BCUT2D eigenvalue weighted by Gasteiger charge is 2.20. The van der Waals surface area contributed by atoms with Crippen LogP contribution in [0.25, 0.3) is 0 Å². The van der Waals surface area contributed by atoms with Gasteiger partial charge in [-0.3, -0.25) is 9.59 Å². The third-order valence-electron chi connectivity index (χ3n) is 3.01. The van der Waals surface area contributed by atoms with Crippen molar-refractivity contribution in [3.05, 3.63) is 24.3 Å². The fraction of sp³-hybridized carbons (Fsp3) is 0.529. The van der Waals surface area contributed by atoms with Crippen LogP contribution in [-0.2, 0) is 9.59 Å². The summed E-state index contributed by atoms with van der Waals surface area (Å²) in [5.74, 6) is 0.575. The topological polar surface area (TPSA) is 67.4 Å². The maximum absolute atomic E-state index is 11.9. The maximum atomic E-state index is 11.9. The zero-order valence-corrected chi connectivity index (χ0v) is 13.9. The number of benzene rings is 1. The van der Waals surface area contributed by atoms with Gasteiger partial charge in [0.2, 0.25) is 11.8 Å². The summed E-state index contributed by atoms with van der Waals surface area (Å²) in [5, 5.41) is 5.67. The lowest BCUT2D eigenvalue weighted by molar-refractivity contribution is -0.128. The third kappa shape index (κ3) is 6.16. The van der Waals surface area contributed by atoms with Crippen molar-refractivity contribution < 1.29 is 14.3 Å². The first kappa shape index (κ1) is 18.0. The molecule has 0 fully saturated rings. The summed E-state index contributed by atoms with van der Waals surface area (Å²) >= 11 is 0. The molecule has 1 aromatic rings. The number of anilines is 1. The van der Waals surface area contributed by atoms with E-state index in [9.17, 15) is 9.59 Å². The molecule has 0 aromatic heterocycles. The van der Waals surface area contributed by atoms with Crippen LogP contribution in [0.2, 0.25) is 0 Å². The zero-order valence-electron chi connectivity index (χ0n) is 13.9. The Morgan fingerprint density at radius 1 is 1.18 bits per heavy atom. The van der Waals surface area contributed by atoms with E-state index < -0.39 is 5.41 Å². The molecule has 0 spiro atoms. The van der Waals surface area contributed by atoms with E-state index >= 15 is 0 Å². The number of hydrogen-bond acceptors (Lipinski definition) is 3. The number of ether oxygens (including phenoxy) is 1. The molecule has 0 saturated heterocycles. The molecule has 122 valence electrons. The number of carbonyl (C=O) groups is 2. The van der Waals surface area contributed by atoms with Crippen LogP contribution in [0.15, 0.2) is 24.3 Å². The van der Waals surface area contributed by atoms with Gasteiger partial charge in [-0.2, -0.15) is 0 Å². The molecule has 0 aliphatic rings. The van der Waals surface area contributed by atoms with Gasteiger partial charge in [-0.05, 0) is 25.5 Å². The van der Waals surface area contributed by atoms with Gasteiger partial charge in [0.05, 0.1) is 12.3 Å². The summed E-state index contributed by atoms with van der Waals surface area (Å²) < 4.78 is 5.46. The molecule has 2 amide bonds. The normalized spacial score (nSPS) is 10.9. The quantitative estimate of drug-likeness (QED) is 0.761. The molecule has 1 aromatic carbocycles. The minimum atomic E-state index is -0.404. The van der Waals surface area contributed by atoms with E-state index in [-0.39, 0.29) is 11.8 Å². The summed E-state index contributed by atoms with van der Waals surface area (Å²) in [4.78, 5) is 23.6. The summed E-state index contributed by atoms with van der Waals surface area (Å²) in [6, 6.07) is 7.34. The second-order valence-electron chi connectivity index (χ2n) is 6.09. The van der Waals surface area contributed by atoms with Gasteiger partial charge >= 0.3 is 0 Å². The molecular formula is C17H26N2O3. The Hall–Kier alpha value is -2.04. The molecule has 0 heterocycles. The van der Waals surface area contributed by atoms with E-state index in [1.807, 2.05) is 52.0 Å². The highest BCUT2D eigenvalue weighted by Crippen LogP contribution is 2.23. The molecule has 5 heteroatoms. The van der Waals surface area contributed by atoms with Crippen LogP contribution in [0.3, 0.4) is 0 Å². The molecule has 0 radical (unpaired) electrons. The van der Waals surface area contributed by atoms with Crippen LogP contribution in [0.4, 0.5) is 5.69 Å². The largest absolute Gasteiger partial charge is 0.492 e. The Labute approximate surface area is 132 Å². The predicted octanol–water partition coefficient (Wildman–Crippen LogP) is 2.97. The number of rotatable bonds is 7. The molecule has 0 unspecified atom stereocenters. The monoisotopic (exact) mass is 306 g/mol. The van der Waals surface area contributed by atoms with Gasteiger partial charge in [-0.15, -0.1) is 0 Å². The van der Waals surface area contributed by atoms with Gasteiger partial charge in [-0.1, -0.05) is 32.9 Å². The highest BCUT2D eigenvalue weighted by molar-refractivity contribution is 5.92. The Morgan fingerprint density at radius 2 is 1.86 bits per heavy atom. The lowest BCUT2D eigenvalue weighted by atomic mass is 9.96. The molecule has 22 heavy (non-hydrogen) atoms. The van der Waals surface area contributed by atoms with Gasteiger partial charge in [0, 0.05) is 18.4 Å². The van der Waals surface area contributed by atoms with Crippen LogP contribution in [0.5, 0.6) is 5.75 Å². The van der Waals surface area contributed by atoms with E-state index in [0.29, 0.717) is 37.4 Å². The van der Waals surface area contributed by atoms with Crippen LogP contribution in [0, 0.1) is 5.41 Å². The minimum Gasteiger partial charge on any atom is -0.492 e. The van der Waals surface area contributed by atoms with Crippen molar-refractivity contribution >= 4 is 17.5 Å². The Kier molecular flexibility index (Phi) is 6.89. The number of carbonyl (C=O) groups excluding carboxylic acids is 2. The van der Waals surface area contributed by atoms with E-state index in [0.717, 1.165) is 0 Å². The lowest BCUT2D eigenvalue weighted by Crippen LogP contribution is -2.35. The molecule has 5 nitrogen and oxygen atoms in total. The summed E-state index contributed by atoms with van der Waals surface area (Å²) in [6.45, 7) is 8.53. The van der Waals surface area contributed by atoms with Crippen molar-refractivity contribution in [2.45, 2.75) is 40.5 Å². The van der Waals surface area contributed by atoms with Gasteiger partial charge in [0.25, 0.3) is 0 Å². The second-order valence-corrected chi connectivity index (χ2v) is 6.09. The first-order valence-corrected chi connectivity index (χ1v) is 7.64. The van der Waals surface area contributed by atoms with E-state index in [1.54, 1.807) is 0 Å². The summed E-state index contributed by atoms with van der Waals surface area (Å²) in [7, 11) is 0. The Morgan fingerprint density at radius 3 is 2.50 bits per heavy atom. The van der Waals surface area contributed by atoms with Crippen molar-refractivity contribution in [2.24, 2.45) is 5.41 Å². The summed E-state index contributed by atoms with van der Waals surface area (Å²) in [5.41, 5.74) is 0.270. The zero-order chi connectivity index (χ0) is 16.6. The molecule has 0 aliphatic heterocycles. The molecule has 0 bridgehead atoms. The van der Waals surface area contributed by atoms with E-state index in [1.165, 1.54) is 0 Å². The highest BCUT2D eigenvalue weighted by atomic mass is 16.5. The fourth-order valence-electron chi connectivity index (χ4n) is 1.78. The third-order valence-corrected chi connectivity index (χ3v) is 3.01. The van der Waals surface area contributed by atoms with Crippen LogP contribution < -0.4 is 15.4 Å². The van der Waals surface area contributed by atoms with E-state index in [2.05, 4.69) is 10.6 Å². The van der Waals surface area contributed by atoms with Crippen molar-refractivity contribution in [1.29, 1.82) is 0 Å². The first-order chi connectivity index (χ1) is 10.3. The minimum absolute atomic E-state index is 0.00500. The van der Waals surface area contributed by atoms with Crippen molar-refractivity contribution in [3.8, 4) is 5.75 Å². The second kappa shape index (κ2) is 8.41. The molecular weight excluding hydrogens is 280 g/mol. The average Bonchev–Trinajstić information content (AvgIpc) is 2.44. The average molecular weight is 306 g/mol. The van der Waals surface area contributed by atoms with Crippen molar-refractivity contribution in [3.63, 3.8) is 0 Å². The van der Waals surface area contributed by atoms with Gasteiger partial charge in [0.15, 0.2) is 0 Å². The van der Waals surface area contributed by atoms with E-state index in [4.69, 9.17) is 4.74 Å². The number of para-hydroxylation sites is 2. The van der Waals surface area contributed by atoms with Gasteiger partial charge < -0.3 is 15.4 Å². The van der Waals surface area contributed by atoms with Crippen LogP contribution >= 0.6 is 0 Å². The fourth-order valence-corrected chi connectivity index (χ4v) is 1.78. The molecule has 1 rings (SSSR count). The van der Waals surface area contributed by atoms with Gasteiger partial charge in [0.1, 0.15) is 5.75 Å². The predicted molar refractivity (Wildman–Crippen MR) is 87.9 cm³/mol. The first-order valence-electron chi connectivity index (χ1n) is 7.64. The Bertz CT molecular complexity index is 507. The smallest absolute Gasteiger partial charge is 0.225 e. The number of hydrogen-bond donors (Lipinski definition) is 2. The molecule has 0 aliphatic carbocycles. The van der Waals surface area contributed by atoms with Crippen LogP contribution in [0.1, 0.15) is 40.5 Å². The van der Waals surface area contributed by atoms with Crippen molar-refractivity contribution in [2.75, 3.05) is 18.5 Å². The maximum Gasteiger partial charge on any atom is 0.225 e. The lowest BCUT2D eigenvalue weighted by Gasteiger charge is -2.17. The standard InChI is InChI=1S/C17H26N2O3/c1-5-22-14-10-7-6-9-13(14)19-15(20)11-8-12-18-16(21)17(2,3)4/h6-7,9-10H,5,8,11-12H2,1-4H3,(H,18,21)(H,19,20). The SMILES string of the molecule is CCOc1ccccc1NC(=O)CCCNC(=O)C(C)(C)C. The van der Waals surface area contributed by atoms with Gasteiger partial charge in [-0.25, -0.2) is 0 Å². The summed E-state index contributed by atoms with van der Waals surface area (Å²) in [6.07, 6.45) is 0.954. The molecule has 0 saturated carbocycles. The number of amides is 2. The van der Waals surface area contributed by atoms with Crippen molar-refractivity contribution in [1.82, 2.24) is 5.32 Å².